The van der Waals surface area contributed by atoms with E-state index in [4.69, 9.17) is 4.98 Å². The van der Waals surface area contributed by atoms with Gasteiger partial charge in [0.15, 0.2) is 0 Å². The predicted octanol–water partition coefficient (Wildman–Crippen LogP) is 2.75. The lowest BCUT2D eigenvalue weighted by atomic mass is 9.96. The van der Waals surface area contributed by atoms with Gasteiger partial charge in [-0.1, -0.05) is 54.6 Å². The van der Waals surface area contributed by atoms with Crippen LogP contribution in [0.25, 0.3) is 33.3 Å². The Kier molecular flexibility index (Phi) is 5.57. The maximum Gasteiger partial charge on any atom is 0.270 e. The standard InChI is InChI=1S/C25H21N7O/c26-13-16-6-8-18(9-7-16)23-20(17-4-2-1-3-5-17)12-21-22(30-23)10-11-27-24(21)25(33)28-14-19-15-29-32-31-19/h1-12,15H,13-14,26H2,(H,28,33)(H,29,31,32)/p+1. The number of nitrogens with one attached hydrogen (secondary N) is 2. The lowest BCUT2D eigenvalue weighted by Gasteiger charge is -2.13. The molecule has 3 aromatic heterocycles. The van der Waals surface area contributed by atoms with Crippen molar-refractivity contribution in [1.82, 2.24) is 30.7 Å². The summed E-state index contributed by atoms with van der Waals surface area (Å²) in [5.74, 6) is -0.294. The van der Waals surface area contributed by atoms with Gasteiger partial charge in [-0.2, -0.15) is 15.4 Å². The topological polar surface area (TPSA) is 124 Å². The number of benzene rings is 2. The minimum atomic E-state index is -0.294. The van der Waals surface area contributed by atoms with Crippen molar-refractivity contribution in [3.63, 3.8) is 0 Å². The van der Waals surface area contributed by atoms with Gasteiger partial charge in [-0.15, -0.1) is 0 Å². The maximum absolute atomic E-state index is 13.0. The summed E-state index contributed by atoms with van der Waals surface area (Å²) in [6, 6.07) is 22.1. The van der Waals surface area contributed by atoms with Crippen LogP contribution < -0.4 is 11.1 Å². The number of carbonyl (C=O) groups excluding carboxylic acids is 1. The Bertz CT molecular complexity index is 1400. The van der Waals surface area contributed by atoms with Gasteiger partial charge in [0.1, 0.15) is 11.4 Å². The number of fused-ring (bicyclic) bond motifs is 1. The molecule has 1 amide bonds. The first-order chi connectivity index (χ1) is 16.2. The van der Waals surface area contributed by atoms with Gasteiger partial charge in [-0.3, -0.25) is 9.78 Å². The van der Waals surface area contributed by atoms with E-state index in [9.17, 15) is 4.79 Å². The molecule has 5 N–H and O–H groups in total. The fourth-order valence-corrected chi connectivity index (χ4v) is 3.73. The second-order valence-corrected chi connectivity index (χ2v) is 7.57. The van der Waals surface area contributed by atoms with E-state index in [2.05, 4.69) is 55.7 Å². The third kappa shape index (κ3) is 4.19. The number of aromatic amines is 1. The zero-order chi connectivity index (χ0) is 22.6. The number of amides is 1. The van der Waals surface area contributed by atoms with Gasteiger partial charge in [0, 0.05) is 28.3 Å². The van der Waals surface area contributed by atoms with E-state index in [1.165, 1.54) is 0 Å². The van der Waals surface area contributed by atoms with Gasteiger partial charge in [0.05, 0.1) is 30.5 Å². The van der Waals surface area contributed by atoms with E-state index in [1.807, 2.05) is 42.5 Å². The van der Waals surface area contributed by atoms with Gasteiger partial charge < -0.3 is 11.1 Å². The molecule has 162 valence electrons. The van der Waals surface area contributed by atoms with Crippen LogP contribution in [-0.4, -0.2) is 31.3 Å². The molecule has 0 bridgehead atoms. The lowest BCUT2D eigenvalue weighted by Crippen LogP contribution is -2.47. The zero-order valence-corrected chi connectivity index (χ0v) is 17.8. The third-order valence-corrected chi connectivity index (χ3v) is 5.45. The Hall–Kier alpha value is -4.43. The highest BCUT2D eigenvalue weighted by atomic mass is 16.1. The Labute approximate surface area is 189 Å². The quantitative estimate of drug-likeness (QED) is 0.378. The summed E-state index contributed by atoms with van der Waals surface area (Å²) >= 11 is 0. The number of carbonyl (C=O) groups is 1. The first-order valence-electron chi connectivity index (χ1n) is 10.6. The largest absolute Gasteiger partial charge is 0.354 e. The number of hydrogen-bond acceptors (Lipinski definition) is 5. The molecule has 8 heteroatoms. The van der Waals surface area contributed by atoms with E-state index in [-0.39, 0.29) is 12.5 Å². The molecular weight excluding hydrogens is 414 g/mol. The summed E-state index contributed by atoms with van der Waals surface area (Å²) in [6.07, 6.45) is 3.18. The molecule has 0 fully saturated rings. The summed E-state index contributed by atoms with van der Waals surface area (Å²) in [7, 11) is 0. The van der Waals surface area contributed by atoms with E-state index in [1.54, 1.807) is 12.4 Å². The maximum atomic E-state index is 13.0. The summed E-state index contributed by atoms with van der Waals surface area (Å²) in [6.45, 7) is 0.985. The van der Waals surface area contributed by atoms with Crippen molar-refractivity contribution in [3.8, 4) is 22.4 Å². The van der Waals surface area contributed by atoms with E-state index in [0.29, 0.717) is 22.3 Å². The van der Waals surface area contributed by atoms with E-state index in [0.717, 1.165) is 34.5 Å². The second kappa shape index (κ2) is 8.97. The molecule has 0 aliphatic heterocycles. The molecule has 5 aromatic rings. The number of H-pyrrole nitrogens is 1. The van der Waals surface area contributed by atoms with Gasteiger partial charge in [-0.05, 0) is 17.7 Å². The predicted molar refractivity (Wildman–Crippen MR) is 125 cm³/mol. The van der Waals surface area contributed by atoms with Crippen LogP contribution in [0.2, 0.25) is 0 Å². The average molecular weight is 436 g/mol. The van der Waals surface area contributed by atoms with Crippen molar-refractivity contribution in [2.24, 2.45) is 0 Å². The molecule has 2 aromatic carbocycles. The number of hydrogen-bond donors (Lipinski definition) is 3. The molecule has 0 radical (unpaired) electrons. The Morgan fingerprint density at radius 3 is 2.55 bits per heavy atom. The summed E-state index contributed by atoms with van der Waals surface area (Å²) in [5.41, 5.74) is 10.6. The van der Waals surface area contributed by atoms with Gasteiger partial charge in [0.2, 0.25) is 0 Å². The monoisotopic (exact) mass is 436 g/mol. The molecule has 0 saturated carbocycles. The minimum Gasteiger partial charge on any atom is -0.354 e. The Balaban J connectivity index is 1.62. The smallest absolute Gasteiger partial charge is 0.270 e. The van der Waals surface area contributed by atoms with Crippen molar-refractivity contribution in [2.45, 2.75) is 13.1 Å². The van der Waals surface area contributed by atoms with Crippen LogP contribution in [0.15, 0.2) is 79.1 Å². The highest BCUT2D eigenvalue weighted by Crippen LogP contribution is 2.34. The van der Waals surface area contributed by atoms with Crippen LogP contribution in [0.3, 0.4) is 0 Å². The number of rotatable bonds is 6. The van der Waals surface area contributed by atoms with Crippen molar-refractivity contribution >= 4 is 16.8 Å². The van der Waals surface area contributed by atoms with Gasteiger partial charge in [0.25, 0.3) is 5.91 Å². The summed E-state index contributed by atoms with van der Waals surface area (Å²) < 4.78 is 0. The van der Waals surface area contributed by atoms with Crippen LogP contribution >= 0.6 is 0 Å². The van der Waals surface area contributed by atoms with Gasteiger partial charge in [-0.25, -0.2) is 4.98 Å². The first kappa shape index (κ1) is 20.5. The molecule has 3 heterocycles. The minimum absolute atomic E-state index is 0.253. The van der Waals surface area contributed by atoms with Crippen molar-refractivity contribution < 1.29 is 10.5 Å². The van der Waals surface area contributed by atoms with Crippen molar-refractivity contribution in [3.05, 3.63) is 96.1 Å². The van der Waals surface area contributed by atoms with Crippen LogP contribution in [0.4, 0.5) is 0 Å². The van der Waals surface area contributed by atoms with E-state index < -0.39 is 0 Å². The van der Waals surface area contributed by atoms with Crippen LogP contribution in [0.5, 0.6) is 0 Å². The van der Waals surface area contributed by atoms with Crippen LogP contribution in [0.1, 0.15) is 21.7 Å². The third-order valence-electron chi connectivity index (χ3n) is 5.45. The highest BCUT2D eigenvalue weighted by Gasteiger charge is 2.17. The molecule has 33 heavy (non-hydrogen) atoms. The zero-order valence-electron chi connectivity index (χ0n) is 17.8. The molecule has 0 spiro atoms. The SMILES string of the molecule is [NH3+]Cc1ccc(-c2nc3ccnc(C(=O)NCc4cn[nH]n4)c3cc2-c2ccccc2)cc1. The number of quaternary nitrogens is 1. The molecular formula is C25H22N7O+. The molecule has 8 nitrogen and oxygen atoms in total. The molecule has 0 aliphatic carbocycles. The highest BCUT2D eigenvalue weighted by molar-refractivity contribution is 6.06. The lowest BCUT2D eigenvalue weighted by molar-refractivity contribution is -0.386. The molecule has 5 rings (SSSR count). The molecule has 0 atom stereocenters. The van der Waals surface area contributed by atoms with Crippen molar-refractivity contribution in [1.29, 1.82) is 0 Å². The van der Waals surface area contributed by atoms with Gasteiger partial charge >= 0.3 is 0 Å². The summed E-state index contributed by atoms with van der Waals surface area (Å²) in [5, 5.41) is 13.8. The van der Waals surface area contributed by atoms with Crippen molar-refractivity contribution in [2.75, 3.05) is 0 Å². The fraction of sp³-hybridized carbons (Fsp3) is 0.0800. The summed E-state index contributed by atoms with van der Waals surface area (Å²) in [4.78, 5) is 22.3. The van der Waals surface area contributed by atoms with E-state index >= 15 is 0 Å². The Morgan fingerprint density at radius 2 is 1.82 bits per heavy atom. The average Bonchev–Trinajstić information content (AvgIpc) is 3.40. The molecule has 0 saturated heterocycles. The van der Waals surface area contributed by atoms with Crippen LogP contribution in [-0.2, 0) is 13.1 Å². The molecule has 0 unspecified atom stereocenters. The normalized spacial score (nSPS) is 10.9. The first-order valence-corrected chi connectivity index (χ1v) is 10.6. The number of aromatic nitrogens is 5. The van der Waals surface area contributed by atoms with Crippen LogP contribution in [0, 0.1) is 0 Å². The number of nitrogens with zero attached hydrogens (tertiary/aromatic N) is 4. The number of pyridine rings is 2. The second-order valence-electron chi connectivity index (χ2n) is 7.57. The molecule has 0 aliphatic rings. The Morgan fingerprint density at radius 1 is 1.00 bits per heavy atom. The fourth-order valence-electron chi connectivity index (χ4n) is 3.73.